The Morgan fingerprint density at radius 1 is 1.06 bits per heavy atom. The van der Waals surface area contributed by atoms with E-state index < -0.39 is 24.0 Å². The molecular weight excluding hydrogens is 428 g/mol. The van der Waals surface area contributed by atoms with Crippen LogP contribution in [0.25, 0.3) is 5.69 Å². The van der Waals surface area contributed by atoms with Gasteiger partial charge in [-0.1, -0.05) is 69.3 Å². The lowest BCUT2D eigenvalue weighted by atomic mass is 9.92. The molecule has 2 aromatic carbocycles. The third-order valence-electron chi connectivity index (χ3n) is 5.90. The SMILES string of the molecule is CC(C)(C)c1cc(C(=O)NC(Cc2ccccc2)C(O)C(=O)NC2CC2)n(-c2ccccc2)n1. The minimum Gasteiger partial charge on any atom is -0.381 e. The van der Waals surface area contributed by atoms with Crippen molar-refractivity contribution in [1.29, 1.82) is 0 Å². The van der Waals surface area contributed by atoms with Gasteiger partial charge in [0.1, 0.15) is 5.69 Å². The zero-order valence-corrected chi connectivity index (χ0v) is 19.9. The molecule has 2 atom stereocenters. The molecule has 2 unspecified atom stereocenters. The molecule has 1 aliphatic rings. The fourth-order valence-corrected chi connectivity index (χ4v) is 3.72. The lowest BCUT2D eigenvalue weighted by molar-refractivity contribution is -0.130. The van der Waals surface area contributed by atoms with Crippen molar-refractivity contribution in [3.05, 3.63) is 83.7 Å². The third kappa shape index (κ3) is 5.72. The molecule has 3 N–H and O–H groups in total. The van der Waals surface area contributed by atoms with E-state index >= 15 is 0 Å². The topological polar surface area (TPSA) is 96.3 Å². The highest BCUT2D eigenvalue weighted by Crippen LogP contribution is 2.24. The number of amides is 2. The number of hydrogen-bond acceptors (Lipinski definition) is 4. The lowest BCUT2D eigenvalue weighted by Gasteiger charge is -2.24. The standard InChI is InChI=1S/C27H32N4O3/c1-27(2,3)23-17-22(31(30-23)20-12-8-5-9-13-20)25(33)29-21(16-18-10-6-4-7-11-18)24(32)26(34)28-19-14-15-19/h4-13,17,19,21,24,32H,14-16H2,1-3H3,(H,28,34)(H,29,33). The Hall–Kier alpha value is -3.45. The van der Waals surface area contributed by atoms with E-state index in [0.717, 1.165) is 29.8 Å². The average Bonchev–Trinajstić information content (AvgIpc) is 3.51. The van der Waals surface area contributed by atoms with Gasteiger partial charge < -0.3 is 15.7 Å². The Labute approximate surface area is 200 Å². The molecule has 0 spiro atoms. The fourth-order valence-electron chi connectivity index (χ4n) is 3.72. The fraction of sp³-hybridized carbons (Fsp3) is 0.370. The summed E-state index contributed by atoms with van der Waals surface area (Å²) < 4.78 is 1.62. The van der Waals surface area contributed by atoms with Crippen LogP contribution in [0.3, 0.4) is 0 Å². The van der Waals surface area contributed by atoms with Gasteiger partial charge in [-0.05, 0) is 43.0 Å². The van der Waals surface area contributed by atoms with Gasteiger partial charge in [-0.15, -0.1) is 0 Å². The normalized spacial score (nSPS) is 15.4. The number of aliphatic hydroxyl groups excluding tert-OH is 1. The van der Waals surface area contributed by atoms with Crippen molar-refractivity contribution in [3.8, 4) is 5.69 Å². The summed E-state index contributed by atoms with van der Waals surface area (Å²) in [5, 5.41) is 21.3. The number of hydrogen-bond donors (Lipinski definition) is 3. The minimum atomic E-state index is -1.38. The van der Waals surface area contributed by atoms with Gasteiger partial charge in [0.2, 0.25) is 0 Å². The smallest absolute Gasteiger partial charge is 0.270 e. The molecule has 0 saturated heterocycles. The van der Waals surface area contributed by atoms with Crippen LogP contribution in [-0.2, 0) is 16.6 Å². The molecule has 7 heteroatoms. The molecule has 0 bridgehead atoms. The van der Waals surface area contributed by atoms with Crippen molar-refractivity contribution in [3.63, 3.8) is 0 Å². The summed E-state index contributed by atoms with van der Waals surface area (Å²) in [7, 11) is 0. The summed E-state index contributed by atoms with van der Waals surface area (Å²) in [6, 6.07) is 20.1. The van der Waals surface area contributed by atoms with Crippen LogP contribution in [0.15, 0.2) is 66.7 Å². The second-order valence-corrected chi connectivity index (χ2v) is 9.91. The van der Waals surface area contributed by atoms with Crippen molar-refractivity contribution in [1.82, 2.24) is 20.4 Å². The Balaban J connectivity index is 1.63. The molecule has 1 aliphatic carbocycles. The van der Waals surface area contributed by atoms with Crippen molar-refractivity contribution in [2.75, 3.05) is 0 Å². The van der Waals surface area contributed by atoms with Gasteiger partial charge in [-0.25, -0.2) is 4.68 Å². The molecule has 4 rings (SSSR count). The summed E-state index contributed by atoms with van der Waals surface area (Å²) in [5.74, 6) is -0.860. The molecule has 34 heavy (non-hydrogen) atoms. The summed E-state index contributed by atoms with van der Waals surface area (Å²) in [4.78, 5) is 26.2. The van der Waals surface area contributed by atoms with E-state index in [4.69, 9.17) is 5.10 Å². The molecule has 1 heterocycles. The van der Waals surface area contributed by atoms with E-state index in [-0.39, 0.29) is 11.5 Å². The number of carbonyl (C=O) groups excluding carboxylic acids is 2. The lowest BCUT2D eigenvalue weighted by Crippen LogP contribution is -2.52. The molecule has 1 aromatic heterocycles. The molecular formula is C27H32N4O3. The van der Waals surface area contributed by atoms with Crippen molar-refractivity contribution >= 4 is 11.8 Å². The zero-order valence-electron chi connectivity index (χ0n) is 19.9. The van der Waals surface area contributed by atoms with Crippen LogP contribution in [0, 0.1) is 0 Å². The number of benzene rings is 2. The first-order chi connectivity index (χ1) is 16.2. The van der Waals surface area contributed by atoms with Crippen LogP contribution in [0.4, 0.5) is 0 Å². The maximum absolute atomic E-state index is 13.5. The van der Waals surface area contributed by atoms with E-state index in [1.165, 1.54) is 0 Å². The van der Waals surface area contributed by atoms with Gasteiger partial charge in [0.05, 0.1) is 17.4 Å². The predicted molar refractivity (Wildman–Crippen MR) is 131 cm³/mol. The first-order valence-corrected chi connectivity index (χ1v) is 11.7. The summed E-state index contributed by atoms with van der Waals surface area (Å²) in [5.41, 5.74) is 2.53. The molecule has 0 aliphatic heterocycles. The molecule has 2 amide bonds. The van der Waals surface area contributed by atoms with E-state index in [1.54, 1.807) is 10.7 Å². The van der Waals surface area contributed by atoms with Gasteiger partial charge in [-0.2, -0.15) is 5.10 Å². The van der Waals surface area contributed by atoms with Crippen molar-refractivity contribution in [2.45, 2.75) is 63.6 Å². The van der Waals surface area contributed by atoms with Crippen LogP contribution in [-0.4, -0.2) is 44.9 Å². The highest BCUT2D eigenvalue weighted by Gasteiger charge is 2.33. The zero-order chi connectivity index (χ0) is 24.3. The van der Waals surface area contributed by atoms with E-state index in [9.17, 15) is 14.7 Å². The number of para-hydroxylation sites is 1. The number of carbonyl (C=O) groups is 2. The molecule has 178 valence electrons. The molecule has 0 radical (unpaired) electrons. The van der Waals surface area contributed by atoms with Crippen LogP contribution in [0.5, 0.6) is 0 Å². The monoisotopic (exact) mass is 460 g/mol. The van der Waals surface area contributed by atoms with E-state index in [2.05, 4.69) is 10.6 Å². The third-order valence-corrected chi connectivity index (χ3v) is 5.90. The van der Waals surface area contributed by atoms with Gasteiger partial charge in [0, 0.05) is 11.5 Å². The molecule has 1 saturated carbocycles. The summed E-state index contributed by atoms with van der Waals surface area (Å²) >= 11 is 0. The quantitative estimate of drug-likeness (QED) is 0.481. The minimum absolute atomic E-state index is 0.115. The van der Waals surface area contributed by atoms with Crippen molar-refractivity contribution in [2.24, 2.45) is 0 Å². The largest absolute Gasteiger partial charge is 0.381 e. The predicted octanol–water partition coefficient (Wildman–Crippen LogP) is 3.15. The Kier molecular flexibility index (Phi) is 6.84. The van der Waals surface area contributed by atoms with Crippen LogP contribution in [0.1, 0.15) is 55.4 Å². The highest BCUT2D eigenvalue weighted by molar-refractivity contribution is 5.94. The molecule has 1 fully saturated rings. The Bertz CT molecular complexity index is 1130. The Morgan fingerprint density at radius 2 is 1.68 bits per heavy atom. The number of nitrogens with one attached hydrogen (secondary N) is 2. The van der Waals surface area contributed by atoms with E-state index in [1.807, 2.05) is 81.4 Å². The van der Waals surface area contributed by atoms with Crippen molar-refractivity contribution < 1.29 is 14.7 Å². The molecule has 7 nitrogen and oxygen atoms in total. The van der Waals surface area contributed by atoms with Gasteiger partial charge in [0.15, 0.2) is 6.10 Å². The van der Waals surface area contributed by atoms with Crippen LogP contribution >= 0.6 is 0 Å². The average molecular weight is 461 g/mol. The number of aromatic nitrogens is 2. The maximum Gasteiger partial charge on any atom is 0.270 e. The summed E-state index contributed by atoms with van der Waals surface area (Å²) in [6.45, 7) is 6.11. The first-order valence-electron chi connectivity index (χ1n) is 11.7. The highest BCUT2D eigenvalue weighted by atomic mass is 16.3. The van der Waals surface area contributed by atoms with Crippen LogP contribution in [0.2, 0.25) is 0 Å². The number of aliphatic hydroxyl groups is 1. The molecule has 3 aromatic rings. The maximum atomic E-state index is 13.5. The van der Waals surface area contributed by atoms with Crippen LogP contribution < -0.4 is 10.6 Å². The second-order valence-electron chi connectivity index (χ2n) is 9.91. The second kappa shape index (κ2) is 9.81. The summed E-state index contributed by atoms with van der Waals surface area (Å²) in [6.07, 6.45) is 0.775. The first kappa shape index (κ1) is 23.7. The van der Waals surface area contributed by atoms with Gasteiger partial charge in [-0.3, -0.25) is 9.59 Å². The van der Waals surface area contributed by atoms with Gasteiger partial charge in [0.25, 0.3) is 11.8 Å². The van der Waals surface area contributed by atoms with E-state index in [0.29, 0.717) is 12.1 Å². The van der Waals surface area contributed by atoms with Gasteiger partial charge >= 0.3 is 0 Å². The number of nitrogens with zero attached hydrogens (tertiary/aromatic N) is 2. The number of rotatable bonds is 8. The Morgan fingerprint density at radius 3 is 2.26 bits per heavy atom.